The Morgan fingerprint density at radius 3 is 2.62 bits per heavy atom. The highest BCUT2D eigenvalue weighted by atomic mass is 32.1. The largest absolute Gasteiger partial charge is 0.382 e. The van der Waals surface area contributed by atoms with E-state index in [1.165, 1.54) is 11.3 Å². The molecular formula is C24H18N6OS. The minimum absolute atomic E-state index is 0.0804. The molecule has 0 fully saturated rings. The summed E-state index contributed by atoms with van der Waals surface area (Å²) in [6.07, 6.45) is 3.47. The molecule has 0 aliphatic carbocycles. The smallest absolute Gasteiger partial charge is 0.274 e. The summed E-state index contributed by atoms with van der Waals surface area (Å²) in [5.41, 5.74) is 11.8. The zero-order valence-corrected chi connectivity index (χ0v) is 17.7. The molecule has 0 atom stereocenters. The van der Waals surface area contributed by atoms with E-state index in [0.717, 1.165) is 26.9 Å². The molecule has 5 rings (SSSR count). The Kier molecular flexibility index (Phi) is 5.27. The van der Waals surface area contributed by atoms with Crippen molar-refractivity contribution in [2.45, 2.75) is 6.54 Å². The van der Waals surface area contributed by atoms with Crippen LogP contribution in [0.3, 0.4) is 0 Å². The number of hydrogen-bond acceptors (Lipinski definition) is 7. The summed E-state index contributed by atoms with van der Waals surface area (Å²) in [5, 5.41) is 3.82. The molecule has 0 aliphatic heterocycles. The lowest BCUT2D eigenvalue weighted by atomic mass is 10.0. The van der Waals surface area contributed by atoms with E-state index in [-0.39, 0.29) is 17.4 Å². The predicted octanol–water partition coefficient (Wildman–Crippen LogP) is 4.33. The van der Waals surface area contributed by atoms with Crippen molar-refractivity contribution in [1.29, 1.82) is 0 Å². The lowest BCUT2D eigenvalue weighted by Gasteiger charge is -2.13. The highest BCUT2D eigenvalue weighted by Crippen LogP contribution is 2.32. The molecule has 3 N–H and O–H groups in total. The number of amides is 1. The molecule has 8 heteroatoms. The van der Waals surface area contributed by atoms with Gasteiger partial charge in [-0.25, -0.2) is 9.97 Å². The second-order valence-electron chi connectivity index (χ2n) is 7.08. The molecule has 0 saturated heterocycles. The monoisotopic (exact) mass is 438 g/mol. The summed E-state index contributed by atoms with van der Waals surface area (Å²) in [5.74, 6) is -0.302. The fourth-order valence-corrected chi connectivity index (χ4v) is 3.95. The number of carbonyl (C=O) groups is 1. The van der Waals surface area contributed by atoms with Crippen LogP contribution in [0.2, 0.25) is 0 Å². The molecule has 0 radical (unpaired) electrons. The summed E-state index contributed by atoms with van der Waals surface area (Å²) in [6.45, 7) is 0.349. The molecule has 0 bridgehead atoms. The van der Waals surface area contributed by atoms with Crippen LogP contribution >= 0.6 is 11.3 Å². The van der Waals surface area contributed by atoms with Crippen molar-refractivity contribution in [1.82, 2.24) is 25.3 Å². The first-order chi connectivity index (χ1) is 15.7. The summed E-state index contributed by atoms with van der Waals surface area (Å²) in [6, 6.07) is 19.4. The number of aromatic nitrogens is 4. The van der Waals surface area contributed by atoms with E-state index < -0.39 is 0 Å². The molecule has 1 amide bonds. The number of thiazole rings is 1. The number of nitrogens with zero attached hydrogens (tertiary/aromatic N) is 4. The molecule has 0 spiro atoms. The number of rotatable bonds is 5. The van der Waals surface area contributed by atoms with Crippen molar-refractivity contribution in [2.24, 2.45) is 0 Å². The van der Waals surface area contributed by atoms with Gasteiger partial charge in [0, 0.05) is 33.8 Å². The number of nitrogens with one attached hydrogen (secondary N) is 1. The Labute approximate surface area is 188 Å². The minimum atomic E-state index is -0.383. The van der Waals surface area contributed by atoms with Gasteiger partial charge < -0.3 is 11.1 Å². The van der Waals surface area contributed by atoms with Crippen LogP contribution in [0.25, 0.3) is 33.4 Å². The first-order valence-corrected chi connectivity index (χ1v) is 10.8. The van der Waals surface area contributed by atoms with Gasteiger partial charge in [0.1, 0.15) is 0 Å². The molecule has 0 saturated carbocycles. The molecule has 0 unspecified atom stereocenters. The van der Waals surface area contributed by atoms with Crippen LogP contribution in [0, 0.1) is 0 Å². The third-order valence-corrected chi connectivity index (χ3v) is 5.75. The Morgan fingerprint density at radius 2 is 1.81 bits per heavy atom. The second-order valence-corrected chi connectivity index (χ2v) is 8.05. The SMILES string of the molecule is Nc1nc(-c2ccccc2)c(-c2ccc3ncccc3c2)nc1C(=O)NCc1cncs1. The molecular weight excluding hydrogens is 420 g/mol. The first kappa shape index (κ1) is 19.8. The van der Waals surface area contributed by atoms with Gasteiger partial charge >= 0.3 is 0 Å². The number of hydrogen-bond donors (Lipinski definition) is 2. The van der Waals surface area contributed by atoms with Gasteiger partial charge in [-0.1, -0.05) is 42.5 Å². The van der Waals surface area contributed by atoms with Gasteiger partial charge in [-0.2, -0.15) is 0 Å². The van der Waals surface area contributed by atoms with E-state index in [9.17, 15) is 4.79 Å². The topological polar surface area (TPSA) is 107 Å². The average Bonchev–Trinajstić information content (AvgIpc) is 3.36. The van der Waals surface area contributed by atoms with Crippen LogP contribution in [0.4, 0.5) is 5.82 Å². The summed E-state index contributed by atoms with van der Waals surface area (Å²) >= 11 is 1.47. The molecule has 156 valence electrons. The van der Waals surface area contributed by atoms with Gasteiger partial charge in [-0.05, 0) is 18.2 Å². The average molecular weight is 439 g/mol. The van der Waals surface area contributed by atoms with Crippen LogP contribution in [0.1, 0.15) is 15.4 Å². The van der Waals surface area contributed by atoms with Gasteiger partial charge in [-0.15, -0.1) is 11.3 Å². The standard InChI is InChI=1S/C24H18N6OS/c25-23-22(24(31)28-13-18-12-26-14-32-18)29-21(20(30-23)15-5-2-1-3-6-15)17-8-9-19-16(11-17)7-4-10-27-19/h1-12,14H,13H2,(H2,25,30)(H,28,31). The van der Waals surface area contributed by atoms with Crippen LogP contribution in [0.5, 0.6) is 0 Å². The maximum absolute atomic E-state index is 12.9. The Morgan fingerprint density at radius 1 is 0.969 bits per heavy atom. The van der Waals surface area contributed by atoms with Crippen LogP contribution in [0.15, 0.2) is 78.6 Å². The van der Waals surface area contributed by atoms with E-state index in [1.54, 1.807) is 17.9 Å². The van der Waals surface area contributed by atoms with Crippen molar-refractivity contribution in [3.05, 3.63) is 89.1 Å². The van der Waals surface area contributed by atoms with Gasteiger partial charge in [-0.3, -0.25) is 14.8 Å². The van der Waals surface area contributed by atoms with Gasteiger partial charge in [0.15, 0.2) is 11.5 Å². The number of benzene rings is 2. The first-order valence-electron chi connectivity index (χ1n) is 9.93. The Bertz CT molecular complexity index is 1400. The van der Waals surface area contributed by atoms with Crippen LogP contribution in [-0.4, -0.2) is 25.8 Å². The maximum Gasteiger partial charge on any atom is 0.274 e. The third-order valence-electron chi connectivity index (χ3n) is 4.97. The van der Waals surface area contributed by atoms with Crippen molar-refractivity contribution < 1.29 is 4.79 Å². The molecule has 5 aromatic rings. The lowest BCUT2D eigenvalue weighted by Crippen LogP contribution is -2.25. The van der Waals surface area contributed by atoms with Crippen molar-refractivity contribution in [2.75, 3.05) is 5.73 Å². The van der Waals surface area contributed by atoms with E-state index in [2.05, 4.69) is 20.3 Å². The van der Waals surface area contributed by atoms with Crippen molar-refractivity contribution >= 4 is 34.0 Å². The summed E-state index contributed by atoms with van der Waals surface area (Å²) in [4.78, 5) is 31.5. The van der Waals surface area contributed by atoms with E-state index in [0.29, 0.717) is 17.9 Å². The molecule has 7 nitrogen and oxygen atoms in total. The highest BCUT2D eigenvalue weighted by molar-refractivity contribution is 7.09. The van der Waals surface area contributed by atoms with Crippen LogP contribution < -0.4 is 11.1 Å². The van der Waals surface area contributed by atoms with Gasteiger partial charge in [0.2, 0.25) is 0 Å². The highest BCUT2D eigenvalue weighted by Gasteiger charge is 2.20. The third kappa shape index (κ3) is 3.91. The molecule has 0 aliphatic rings. The number of fused-ring (bicyclic) bond motifs is 1. The molecule has 3 heterocycles. The Balaban J connectivity index is 1.61. The number of nitrogens with two attached hydrogens (primary N) is 1. The molecule has 32 heavy (non-hydrogen) atoms. The van der Waals surface area contributed by atoms with Gasteiger partial charge in [0.05, 0.1) is 29.0 Å². The number of nitrogen functional groups attached to an aromatic ring is 1. The number of carbonyl (C=O) groups excluding carboxylic acids is 1. The molecule has 3 aromatic heterocycles. The second kappa shape index (κ2) is 8.52. The van der Waals surface area contributed by atoms with E-state index in [4.69, 9.17) is 10.7 Å². The van der Waals surface area contributed by atoms with E-state index in [1.807, 2.05) is 60.7 Å². The summed E-state index contributed by atoms with van der Waals surface area (Å²) < 4.78 is 0. The van der Waals surface area contributed by atoms with Gasteiger partial charge in [0.25, 0.3) is 5.91 Å². The normalized spacial score (nSPS) is 10.9. The van der Waals surface area contributed by atoms with Crippen LogP contribution in [-0.2, 0) is 6.54 Å². The quantitative estimate of drug-likeness (QED) is 0.423. The number of pyridine rings is 1. The van der Waals surface area contributed by atoms with Crippen molar-refractivity contribution in [3.8, 4) is 22.5 Å². The minimum Gasteiger partial charge on any atom is -0.382 e. The zero-order chi connectivity index (χ0) is 21.9. The number of anilines is 1. The Hall–Kier alpha value is -4.17. The maximum atomic E-state index is 12.9. The molecule has 2 aromatic carbocycles. The van der Waals surface area contributed by atoms with Crippen molar-refractivity contribution in [3.63, 3.8) is 0 Å². The fourth-order valence-electron chi connectivity index (χ4n) is 3.42. The fraction of sp³-hybridized carbons (Fsp3) is 0.0417. The predicted molar refractivity (Wildman–Crippen MR) is 126 cm³/mol. The van der Waals surface area contributed by atoms with E-state index >= 15 is 0 Å². The lowest BCUT2D eigenvalue weighted by molar-refractivity contribution is 0.0947. The zero-order valence-electron chi connectivity index (χ0n) is 16.9. The summed E-state index contributed by atoms with van der Waals surface area (Å²) in [7, 11) is 0.